The average Bonchev–Trinajstić information content (AvgIpc) is 2.43. The fraction of sp³-hybridized carbons (Fsp3) is 0.818. The maximum absolute atomic E-state index is 12.0. The predicted octanol–water partition coefficient (Wildman–Crippen LogP) is -0.0951. The Morgan fingerprint density at radius 3 is 2.06 bits per heavy atom. The van der Waals surface area contributed by atoms with Crippen molar-refractivity contribution in [1.82, 2.24) is 4.90 Å². The minimum Gasteiger partial charge on any atom is -0.394 e. The van der Waals surface area contributed by atoms with Crippen LogP contribution in [0.3, 0.4) is 0 Å². The Labute approximate surface area is 95.1 Å². The highest BCUT2D eigenvalue weighted by molar-refractivity contribution is 6.06. The van der Waals surface area contributed by atoms with Gasteiger partial charge >= 0.3 is 0 Å². The van der Waals surface area contributed by atoms with Crippen molar-refractivity contribution in [3.8, 4) is 0 Å². The first-order chi connectivity index (χ1) is 7.34. The summed E-state index contributed by atoms with van der Waals surface area (Å²) in [5.41, 5.74) is -1.89. The molecule has 0 aromatic rings. The summed E-state index contributed by atoms with van der Waals surface area (Å²) in [4.78, 5) is 24.9. The summed E-state index contributed by atoms with van der Waals surface area (Å²) in [5.74, 6) is -0.637. The molecule has 1 aliphatic heterocycles. The zero-order chi connectivity index (χ0) is 12.6. The Morgan fingerprint density at radius 1 is 1.31 bits per heavy atom. The number of aliphatic hydroxyl groups is 2. The number of hydrogen-bond donors (Lipinski definition) is 2. The van der Waals surface area contributed by atoms with Crippen LogP contribution in [0.15, 0.2) is 0 Å². The summed E-state index contributed by atoms with van der Waals surface area (Å²) in [7, 11) is 0. The van der Waals surface area contributed by atoms with Gasteiger partial charge in [-0.1, -0.05) is 20.8 Å². The highest BCUT2D eigenvalue weighted by Crippen LogP contribution is 2.37. The maximum atomic E-state index is 12.0. The fourth-order valence-electron chi connectivity index (χ4n) is 2.00. The van der Waals surface area contributed by atoms with Gasteiger partial charge in [0, 0.05) is 6.42 Å². The molecule has 0 saturated carbocycles. The van der Waals surface area contributed by atoms with E-state index in [1.807, 2.05) is 0 Å². The van der Waals surface area contributed by atoms with Crippen molar-refractivity contribution in [2.75, 3.05) is 13.2 Å². The van der Waals surface area contributed by atoms with Crippen LogP contribution < -0.4 is 0 Å². The van der Waals surface area contributed by atoms with Crippen molar-refractivity contribution in [2.24, 2.45) is 5.41 Å². The number of imide groups is 1. The van der Waals surface area contributed by atoms with E-state index < -0.39 is 24.2 Å². The van der Waals surface area contributed by atoms with E-state index in [2.05, 4.69) is 0 Å². The van der Waals surface area contributed by atoms with E-state index in [1.54, 1.807) is 20.8 Å². The van der Waals surface area contributed by atoms with Crippen LogP contribution in [0.2, 0.25) is 0 Å². The van der Waals surface area contributed by atoms with E-state index in [-0.39, 0.29) is 18.2 Å². The molecule has 0 aliphatic carbocycles. The Balaban J connectivity index is 3.13. The average molecular weight is 229 g/mol. The maximum Gasteiger partial charge on any atom is 0.236 e. The molecule has 5 heteroatoms. The monoisotopic (exact) mass is 229 g/mol. The number of likely N-dealkylation sites (tertiary alicyclic amines) is 1. The van der Waals surface area contributed by atoms with Gasteiger partial charge in [0.05, 0.1) is 24.2 Å². The molecule has 0 unspecified atom stereocenters. The van der Waals surface area contributed by atoms with E-state index in [0.717, 1.165) is 4.90 Å². The summed E-state index contributed by atoms with van der Waals surface area (Å²) >= 11 is 0. The molecule has 0 atom stereocenters. The third-order valence-electron chi connectivity index (χ3n) is 3.35. The van der Waals surface area contributed by atoms with Gasteiger partial charge in [0.25, 0.3) is 0 Å². The first-order valence-electron chi connectivity index (χ1n) is 5.44. The van der Waals surface area contributed by atoms with Crippen LogP contribution in [-0.2, 0) is 9.59 Å². The molecule has 1 fully saturated rings. The number of nitrogens with zero attached hydrogens (tertiary/aromatic N) is 1. The molecule has 1 rings (SSSR count). The second-order valence-corrected chi connectivity index (χ2v) is 4.99. The summed E-state index contributed by atoms with van der Waals surface area (Å²) in [5, 5.41) is 18.7. The van der Waals surface area contributed by atoms with Crippen LogP contribution in [0.1, 0.15) is 33.6 Å². The molecular formula is C11H19NO4. The second kappa shape index (κ2) is 4.14. The molecule has 2 amide bonds. The number of rotatable bonds is 4. The number of hydrogen-bond acceptors (Lipinski definition) is 4. The third-order valence-corrected chi connectivity index (χ3v) is 3.35. The van der Waals surface area contributed by atoms with Crippen molar-refractivity contribution in [2.45, 2.75) is 39.2 Å². The molecule has 0 aromatic heterocycles. The van der Waals surface area contributed by atoms with E-state index in [4.69, 9.17) is 0 Å². The molecule has 1 heterocycles. The van der Waals surface area contributed by atoms with Gasteiger partial charge in [0.1, 0.15) is 0 Å². The van der Waals surface area contributed by atoms with E-state index in [9.17, 15) is 19.8 Å². The van der Waals surface area contributed by atoms with Crippen LogP contribution in [0.4, 0.5) is 0 Å². The highest BCUT2D eigenvalue weighted by Gasteiger charge is 2.52. The van der Waals surface area contributed by atoms with Crippen molar-refractivity contribution >= 4 is 11.8 Å². The molecule has 0 aromatic carbocycles. The van der Waals surface area contributed by atoms with Gasteiger partial charge in [-0.25, -0.2) is 0 Å². The molecule has 1 aliphatic rings. The fourth-order valence-corrected chi connectivity index (χ4v) is 2.00. The smallest absolute Gasteiger partial charge is 0.236 e. The number of carbonyl (C=O) groups excluding carboxylic acids is 2. The van der Waals surface area contributed by atoms with Gasteiger partial charge < -0.3 is 10.2 Å². The van der Waals surface area contributed by atoms with Crippen molar-refractivity contribution in [1.29, 1.82) is 0 Å². The lowest BCUT2D eigenvalue weighted by atomic mass is 9.91. The standard InChI is InChI=1S/C11H19NO4/c1-4-11(6-13,7-14)12-8(15)5-10(2,3)9(12)16/h13-14H,4-7H2,1-3H3. The topological polar surface area (TPSA) is 77.8 Å². The summed E-state index contributed by atoms with van der Waals surface area (Å²) < 4.78 is 0. The van der Waals surface area contributed by atoms with Gasteiger partial charge in [0.15, 0.2) is 0 Å². The number of amides is 2. The van der Waals surface area contributed by atoms with Gasteiger partial charge in [-0.3, -0.25) is 14.5 Å². The molecule has 0 radical (unpaired) electrons. The lowest BCUT2D eigenvalue weighted by molar-refractivity contribution is -0.153. The molecule has 1 saturated heterocycles. The van der Waals surface area contributed by atoms with Gasteiger partial charge in [-0.05, 0) is 6.42 Å². The Morgan fingerprint density at radius 2 is 1.81 bits per heavy atom. The molecule has 16 heavy (non-hydrogen) atoms. The Kier molecular flexibility index (Phi) is 3.40. The summed E-state index contributed by atoms with van der Waals surface area (Å²) in [6.45, 7) is 4.31. The molecule has 92 valence electrons. The lowest BCUT2D eigenvalue weighted by Gasteiger charge is -2.37. The predicted molar refractivity (Wildman–Crippen MR) is 57.4 cm³/mol. The second-order valence-electron chi connectivity index (χ2n) is 4.99. The molecule has 2 N–H and O–H groups in total. The zero-order valence-electron chi connectivity index (χ0n) is 9.99. The van der Waals surface area contributed by atoms with Crippen LogP contribution in [0, 0.1) is 5.41 Å². The quantitative estimate of drug-likeness (QED) is 0.660. The third kappa shape index (κ3) is 1.74. The minimum atomic E-state index is -1.15. The molecular weight excluding hydrogens is 210 g/mol. The normalized spacial score (nSPS) is 20.7. The number of carbonyl (C=O) groups is 2. The van der Waals surface area contributed by atoms with Gasteiger partial charge in [-0.15, -0.1) is 0 Å². The summed E-state index contributed by atoms with van der Waals surface area (Å²) in [6.07, 6.45) is 0.473. The first-order valence-corrected chi connectivity index (χ1v) is 5.44. The lowest BCUT2D eigenvalue weighted by Crippen LogP contribution is -2.57. The van der Waals surface area contributed by atoms with E-state index >= 15 is 0 Å². The minimum absolute atomic E-state index is 0.133. The Bertz CT molecular complexity index is 299. The largest absolute Gasteiger partial charge is 0.394 e. The van der Waals surface area contributed by atoms with Crippen molar-refractivity contribution in [3.05, 3.63) is 0 Å². The Hall–Kier alpha value is -0.940. The van der Waals surface area contributed by atoms with E-state index in [0.29, 0.717) is 6.42 Å². The van der Waals surface area contributed by atoms with Gasteiger partial charge in [-0.2, -0.15) is 0 Å². The summed E-state index contributed by atoms with van der Waals surface area (Å²) in [6, 6.07) is 0. The van der Waals surface area contributed by atoms with E-state index in [1.165, 1.54) is 0 Å². The van der Waals surface area contributed by atoms with Crippen LogP contribution in [0.5, 0.6) is 0 Å². The SMILES string of the molecule is CCC(CO)(CO)N1C(=O)CC(C)(C)C1=O. The van der Waals surface area contributed by atoms with Crippen LogP contribution >= 0.6 is 0 Å². The highest BCUT2D eigenvalue weighted by atomic mass is 16.3. The molecule has 5 nitrogen and oxygen atoms in total. The van der Waals surface area contributed by atoms with Crippen LogP contribution in [-0.4, -0.2) is 45.7 Å². The molecule has 0 spiro atoms. The molecule has 0 bridgehead atoms. The van der Waals surface area contributed by atoms with Crippen LogP contribution in [0.25, 0.3) is 0 Å². The number of aliphatic hydroxyl groups excluding tert-OH is 2. The zero-order valence-corrected chi connectivity index (χ0v) is 9.99. The van der Waals surface area contributed by atoms with Crippen molar-refractivity contribution < 1.29 is 19.8 Å². The van der Waals surface area contributed by atoms with Crippen molar-refractivity contribution in [3.63, 3.8) is 0 Å². The van der Waals surface area contributed by atoms with Gasteiger partial charge in [0.2, 0.25) is 11.8 Å². The first kappa shape index (κ1) is 13.1.